The summed E-state index contributed by atoms with van der Waals surface area (Å²) in [7, 11) is -2.14. The minimum Gasteiger partial charge on any atom is -0.497 e. The van der Waals surface area contributed by atoms with E-state index in [1.54, 1.807) is 31.2 Å². The van der Waals surface area contributed by atoms with E-state index < -0.39 is 14.9 Å². The van der Waals surface area contributed by atoms with Crippen molar-refractivity contribution in [2.45, 2.75) is 24.7 Å². The average molecular weight is 433 g/mol. The fraction of sp³-hybridized carbons (Fsp3) is 0.350. The Labute approximate surface area is 174 Å². The molecule has 0 aliphatic carbocycles. The molecule has 10 heteroatoms. The number of nitro benzene ring substituents is 1. The molecule has 2 aromatic carbocycles. The van der Waals surface area contributed by atoms with Gasteiger partial charge in [0.25, 0.3) is 5.69 Å². The lowest BCUT2D eigenvalue weighted by atomic mass is 9.97. The maximum atomic E-state index is 12.8. The Kier molecular flexibility index (Phi) is 6.37. The van der Waals surface area contributed by atoms with Crippen LogP contribution in [-0.2, 0) is 14.8 Å². The zero-order valence-electron chi connectivity index (χ0n) is 16.7. The monoisotopic (exact) mass is 433 g/mol. The van der Waals surface area contributed by atoms with Gasteiger partial charge in [0.2, 0.25) is 15.9 Å². The summed E-state index contributed by atoms with van der Waals surface area (Å²) in [6, 6.07) is 10.7. The molecule has 1 heterocycles. The zero-order chi connectivity index (χ0) is 21.9. The Bertz CT molecular complexity index is 1040. The zero-order valence-corrected chi connectivity index (χ0v) is 17.5. The fourth-order valence-corrected chi connectivity index (χ4v) is 4.85. The SMILES string of the molecule is COc1ccc(S(=O)(=O)N2CCC(C(=O)Nc3ccc(C)c([N+](=O)[O-])c3)CC2)cc1. The summed E-state index contributed by atoms with van der Waals surface area (Å²) in [6.07, 6.45) is 0.740. The van der Waals surface area contributed by atoms with E-state index >= 15 is 0 Å². The summed E-state index contributed by atoms with van der Waals surface area (Å²) in [5, 5.41) is 13.8. The second-order valence-electron chi connectivity index (χ2n) is 7.10. The van der Waals surface area contributed by atoms with Gasteiger partial charge in [0.15, 0.2) is 0 Å². The van der Waals surface area contributed by atoms with Crippen LogP contribution < -0.4 is 10.1 Å². The second-order valence-corrected chi connectivity index (χ2v) is 9.04. The number of piperidine rings is 1. The van der Waals surface area contributed by atoms with Crippen molar-refractivity contribution in [3.05, 3.63) is 58.1 Å². The van der Waals surface area contributed by atoms with E-state index in [0.717, 1.165) is 0 Å². The van der Waals surface area contributed by atoms with Crippen LogP contribution in [-0.4, -0.2) is 43.8 Å². The smallest absolute Gasteiger partial charge is 0.274 e. The van der Waals surface area contributed by atoms with Gasteiger partial charge in [-0.25, -0.2) is 8.42 Å². The first-order chi connectivity index (χ1) is 14.2. The lowest BCUT2D eigenvalue weighted by Crippen LogP contribution is -2.41. The molecule has 0 saturated carbocycles. The Morgan fingerprint density at radius 3 is 2.37 bits per heavy atom. The highest BCUT2D eigenvalue weighted by Crippen LogP contribution is 2.27. The van der Waals surface area contributed by atoms with Crippen LogP contribution >= 0.6 is 0 Å². The number of hydrogen-bond donors (Lipinski definition) is 1. The lowest BCUT2D eigenvalue weighted by molar-refractivity contribution is -0.385. The van der Waals surface area contributed by atoms with Crippen LogP contribution in [0.5, 0.6) is 5.75 Å². The van der Waals surface area contributed by atoms with E-state index in [9.17, 15) is 23.3 Å². The van der Waals surface area contributed by atoms with Gasteiger partial charge in [-0.15, -0.1) is 0 Å². The number of nitro groups is 1. The lowest BCUT2D eigenvalue weighted by Gasteiger charge is -2.30. The van der Waals surface area contributed by atoms with Crippen molar-refractivity contribution in [3.8, 4) is 5.75 Å². The number of nitrogens with zero attached hydrogens (tertiary/aromatic N) is 2. The van der Waals surface area contributed by atoms with Gasteiger partial charge < -0.3 is 10.1 Å². The Morgan fingerprint density at radius 1 is 1.17 bits per heavy atom. The van der Waals surface area contributed by atoms with Crippen molar-refractivity contribution in [3.63, 3.8) is 0 Å². The molecule has 0 radical (unpaired) electrons. The van der Waals surface area contributed by atoms with Gasteiger partial charge in [0, 0.05) is 36.3 Å². The molecule has 160 valence electrons. The summed E-state index contributed by atoms with van der Waals surface area (Å²) >= 11 is 0. The van der Waals surface area contributed by atoms with Crippen LogP contribution in [0, 0.1) is 23.0 Å². The van der Waals surface area contributed by atoms with Crippen molar-refractivity contribution in [1.82, 2.24) is 4.31 Å². The summed E-state index contributed by atoms with van der Waals surface area (Å²) in [5.74, 6) is -0.0667. The highest BCUT2D eigenvalue weighted by Gasteiger charge is 2.32. The maximum Gasteiger partial charge on any atom is 0.274 e. The number of rotatable bonds is 6. The Balaban J connectivity index is 1.62. The second kappa shape index (κ2) is 8.80. The molecular weight excluding hydrogens is 410 g/mol. The molecule has 1 saturated heterocycles. The average Bonchev–Trinajstić information content (AvgIpc) is 2.75. The Morgan fingerprint density at radius 2 is 1.80 bits per heavy atom. The van der Waals surface area contributed by atoms with E-state index in [-0.39, 0.29) is 35.5 Å². The Hall–Kier alpha value is -2.98. The summed E-state index contributed by atoms with van der Waals surface area (Å²) in [6.45, 7) is 2.07. The minimum atomic E-state index is -3.64. The van der Waals surface area contributed by atoms with Crippen molar-refractivity contribution in [2.75, 3.05) is 25.5 Å². The number of ether oxygens (including phenoxy) is 1. The van der Waals surface area contributed by atoms with E-state index in [1.807, 2.05) is 0 Å². The van der Waals surface area contributed by atoms with E-state index in [0.29, 0.717) is 29.8 Å². The number of hydrogen-bond acceptors (Lipinski definition) is 6. The van der Waals surface area contributed by atoms with Crippen LogP contribution in [0.1, 0.15) is 18.4 Å². The summed E-state index contributed by atoms with van der Waals surface area (Å²) < 4.78 is 32.0. The van der Waals surface area contributed by atoms with Crippen molar-refractivity contribution >= 4 is 27.3 Å². The molecule has 0 unspecified atom stereocenters. The third kappa shape index (κ3) is 4.60. The third-order valence-corrected chi connectivity index (χ3v) is 7.11. The van der Waals surface area contributed by atoms with Gasteiger partial charge >= 0.3 is 0 Å². The molecule has 2 aromatic rings. The highest BCUT2D eigenvalue weighted by atomic mass is 32.2. The molecule has 0 aromatic heterocycles. The van der Waals surface area contributed by atoms with Crippen molar-refractivity contribution in [2.24, 2.45) is 5.92 Å². The van der Waals surface area contributed by atoms with Crippen LogP contribution in [0.2, 0.25) is 0 Å². The molecule has 1 aliphatic heterocycles. The van der Waals surface area contributed by atoms with E-state index in [2.05, 4.69) is 5.32 Å². The van der Waals surface area contributed by atoms with Crippen molar-refractivity contribution < 1.29 is 22.9 Å². The summed E-state index contributed by atoms with van der Waals surface area (Å²) in [4.78, 5) is 23.3. The first-order valence-electron chi connectivity index (χ1n) is 9.42. The quantitative estimate of drug-likeness (QED) is 0.553. The molecule has 1 aliphatic rings. The number of benzene rings is 2. The van der Waals surface area contributed by atoms with Crippen LogP contribution in [0.25, 0.3) is 0 Å². The van der Waals surface area contributed by atoms with Gasteiger partial charge in [-0.3, -0.25) is 14.9 Å². The van der Waals surface area contributed by atoms with Gasteiger partial charge in [-0.05, 0) is 50.1 Å². The van der Waals surface area contributed by atoms with E-state index in [1.165, 1.54) is 29.6 Å². The molecule has 0 bridgehead atoms. The van der Waals surface area contributed by atoms with E-state index in [4.69, 9.17) is 4.74 Å². The van der Waals surface area contributed by atoms with Crippen LogP contribution in [0.15, 0.2) is 47.4 Å². The number of nitrogens with one attached hydrogen (secondary N) is 1. The molecule has 1 N–H and O–H groups in total. The largest absolute Gasteiger partial charge is 0.497 e. The molecule has 0 atom stereocenters. The molecule has 9 nitrogen and oxygen atoms in total. The number of carbonyl (C=O) groups is 1. The van der Waals surface area contributed by atoms with Crippen molar-refractivity contribution in [1.29, 1.82) is 0 Å². The topological polar surface area (TPSA) is 119 Å². The molecule has 3 rings (SSSR count). The van der Waals surface area contributed by atoms with Crippen LogP contribution in [0.4, 0.5) is 11.4 Å². The van der Waals surface area contributed by atoms with Gasteiger partial charge in [0.1, 0.15) is 5.75 Å². The predicted octanol–water partition coefficient (Wildman–Crippen LogP) is 2.95. The highest BCUT2D eigenvalue weighted by molar-refractivity contribution is 7.89. The first kappa shape index (κ1) is 21.7. The fourth-order valence-electron chi connectivity index (χ4n) is 3.38. The predicted molar refractivity (Wildman–Crippen MR) is 111 cm³/mol. The number of anilines is 1. The van der Waals surface area contributed by atoms with Gasteiger partial charge in [-0.1, -0.05) is 6.07 Å². The van der Waals surface area contributed by atoms with Gasteiger partial charge in [0.05, 0.1) is 16.9 Å². The molecular formula is C20H23N3O6S. The number of sulfonamides is 1. The number of methoxy groups -OCH3 is 1. The van der Waals surface area contributed by atoms with Crippen LogP contribution in [0.3, 0.4) is 0 Å². The third-order valence-electron chi connectivity index (χ3n) is 5.20. The molecule has 30 heavy (non-hydrogen) atoms. The minimum absolute atomic E-state index is 0.0618. The molecule has 1 fully saturated rings. The maximum absolute atomic E-state index is 12.8. The number of carbonyl (C=O) groups excluding carboxylic acids is 1. The molecule has 1 amide bonds. The van der Waals surface area contributed by atoms with Gasteiger partial charge in [-0.2, -0.15) is 4.31 Å². The normalized spacial score (nSPS) is 15.5. The standard InChI is InChI=1S/C20H23N3O6S/c1-14-3-4-16(13-19(14)23(25)26)21-20(24)15-9-11-22(12-10-15)30(27,28)18-7-5-17(29-2)6-8-18/h3-8,13,15H,9-12H2,1-2H3,(H,21,24). The summed E-state index contributed by atoms with van der Waals surface area (Å²) in [5.41, 5.74) is 0.800. The first-order valence-corrected chi connectivity index (χ1v) is 10.9. The number of aryl methyl sites for hydroxylation is 1. The molecule has 0 spiro atoms. The number of amides is 1.